The van der Waals surface area contributed by atoms with Gasteiger partial charge in [0.2, 0.25) is 0 Å². The van der Waals surface area contributed by atoms with E-state index in [0.29, 0.717) is 30.2 Å². The molecule has 0 amide bonds. The van der Waals surface area contributed by atoms with Gasteiger partial charge in [0, 0.05) is 11.6 Å². The lowest BCUT2D eigenvalue weighted by molar-refractivity contribution is -0.185. The summed E-state index contributed by atoms with van der Waals surface area (Å²) in [6.07, 6.45) is -2.67. The minimum absolute atomic E-state index is 0.0221. The number of benzene rings is 3. The topological polar surface area (TPSA) is 9.23 Å². The number of hydrogen-bond donors (Lipinski definition) is 0. The first kappa shape index (κ1) is 23.3. The van der Waals surface area contributed by atoms with Gasteiger partial charge in [-0.1, -0.05) is 42.6 Å². The zero-order valence-electron chi connectivity index (χ0n) is 15.9. The third-order valence-corrected chi connectivity index (χ3v) is 5.40. The molecule has 0 aliphatic rings. The van der Waals surface area contributed by atoms with Gasteiger partial charge in [0.25, 0.3) is 0 Å². The van der Waals surface area contributed by atoms with Gasteiger partial charge >= 0.3 is 6.11 Å². The van der Waals surface area contributed by atoms with Gasteiger partial charge in [0.1, 0.15) is 11.6 Å². The van der Waals surface area contributed by atoms with Crippen LogP contribution in [0.3, 0.4) is 0 Å². The number of alkyl halides is 2. The van der Waals surface area contributed by atoms with E-state index in [4.69, 9.17) is 23.2 Å². The van der Waals surface area contributed by atoms with Gasteiger partial charge in [-0.25, -0.2) is 17.6 Å². The van der Waals surface area contributed by atoms with E-state index in [0.717, 1.165) is 24.6 Å². The Labute approximate surface area is 184 Å². The van der Waals surface area contributed by atoms with Crippen LogP contribution in [0.25, 0.3) is 11.1 Å². The summed E-state index contributed by atoms with van der Waals surface area (Å²) in [7, 11) is 0. The highest BCUT2D eigenvalue weighted by molar-refractivity contribution is 6.43. The van der Waals surface area contributed by atoms with Crippen LogP contribution in [0, 0.1) is 23.3 Å². The molecule has 9 heteroatoms. The van der Waals surface area contributed by atoms with E-state index in [1.807, 2.05) is 6.92 Å². The predicted molar refractivity (Wildman–Crippen MR) is 107 cm³/mol. The number of hydrogen-bond acceptors (Lipinski definition) is 1. The fourth-order valence-corrected chi connectivity index (χ4v) is 3.54. The maximum Gasteiger partial charge on any atom is 0.428 e. The van der Waals surface area contributed by atoms with Crippen molar-refractivity contribution >= 4 is 23.2 Å². The Hall–Kier alpha value is -2.38. The van der Waals surface area contributed by atoms with E-state index in [1.54, 1.807) is 0 Å². The van der Waals surface area contributed by atoms with Crippen molar-refractivity contribution in [2.45, 2.75) is 25.9 Å². The van der Waals surface area contributed by atoms with Gasteiger partial charge in [0.15, 0.2) is 17.5 Å². The molecule has 31 heavy (non-hydrogen) atoms. The first-order chi connectivity index (χ1) is 14.5. The molecule has 0 spiro atoms. The summed E-state index contributed by atoms with van der Waals surface area (Å²) < 4.78 is 88.4. The Kier molecular flexibility index (Phi) is 6.76. The van der Waals surface area contributed by atoms with E-state index in [9.17, 15) is 26.3 Å². The van der Waals surface area contributed by atoms with Crippen LogP contribution in [0.15, 0.2) is 42.5 Å². The van der Waals surface area contributed by atoms with Gasteiger partial charge in [-0.15, -0.1) is 0 Å². The Morgan fingerprint density at radius 2 is 1.48 bits per heavy atom. The maximum absolute atomic E-state index is 14.7. The van der Waals surface area contributed by atoms with Gasteiger partial charge in [-0.05, 0) is 47.9 Å². The summed E-state index contributed by atoms with van der Waals surface area (Å²) in [6.45, 7) is 1.89. The first-order valence-corrected chi connectivity index (χ1v) is 9.79. The highest BCUT2D eigenvalue weighted by Gasteiger charge is 2.38. The third-order valence-electron chi connectivity index (χ3n) is 4.48. The van der Waals surface area contributed by atoms with Crippen molar-refractivity contribution in [3.05, 3.63) is 86.9 Å². The zero-order valence-corrected chi connectivity index (χ0v) is 17.4. The van der Waals surface area contributed by atoms with E-state index in [1.165, 1.54) is 6.07 Å². The molecular formula is C22H14Cl2F6O. The number of ether oxygens (including phenoxy) is 1. The fourth-order valence-electron chi connectivity index (χ4n) is 2.98. The fraction of sp³-hybridized carbons (Fsp3) is 0.182. The second-order valence-corrected chi connectivity index (χ2v) is 7.42. The predicted octanol–water partition coefficient (Wildman–Crippen LogP) is 8.30. The van der Waals surface area contributed by atoms with Crippen LogP contribution >= 0.6 is 23.2 Å². The van der Waals surface area contributed by atoms with Crippen LogP contribution in [-0.4, -0.2) is 0 Å². The second-order valence-electron chi connectivity index (χ2n) is 6.66. The second kappa shape index (κ2) is 9.01. The Balaban J connectivity index is 1.91. The summed E-state index contributed by atoms with van der Waals surface area (Å²) in [5.41, 5.74) is -0.749. The van der Waals surface area contributed by atoms with E-state index >= 15 is 0 Å². The highest BCUT2D eigenvalue weighted by atomic mass is 35.5. The number of rotatable bonds is 6. The molecule has 0 atom stereocenters. The first-order valence-electron chi connectivity index (χ1n) is 9.03. The highest BCUT2D eigenvalue weighted by Crippen LogP contribution is 2.41. The molecule has 1 nitrogen and oxygen atoms in total. The quantitative estimate of drug-likeness (QED) is 0.255. The van der Waals surface area contributed by atoms with E-state index < -0.39 is 40.7 Å². The van der Waals surface area contributed by atoms with Crippen LogP contribution in [0.4, 0.5) is 26.3 Å². The zero-order chi connectivity index (χ0) is 22.9. The van der Waals surface area contributed by atoms with Crippen molar-refractivity contribution < 1.29 is 31.1 Å². The smallest absolute Gasteiger partial charge is 0.428 e. The Morgan fingerprint density at radius 3 is 2.06 bits per heavy atom. The van der Waals surface area contributed by atoms with Gasteiger partial charge in [-0.2, -0.15) is 8.78 Å². The number of halogens is 8. The van der Waals surface area contributed by atoms with Crippen molar-refractivity contribution in [1.82, 2.24) is 0 Å². The van der Waals surface area contributed by atoms with Crippen molar-refractivity contribution in [3.63, 3.8) is 0 Å². The van der Waals surface area contributed by atoms with Crippen LogP contribution < -0.4 is 4.74 Å². The molecule has 164 valence electrons. The number of aryl methyl sites for hydroxylation is 1. The Morgan fingerprint density at radius 1 is 0.839 bits per heavy atom. The van der Waals surface area contributed by atoms with Crippen molar-refractivity contribution in [2.75, 3.05) is 0 Å². The third kappa shape index (κ3) is 4.77. The molecule has 0 aliphatic heterocycles. The molecule has 0 fully saturated rings. The molecule has 0 aromatic heterocycles. The van der Waals surface area contributed by atoms with Crippen LogP contribution in [-0.2, 0) is 12.5 Å². The van der Waals surface area contributed by atoms with Crippen LogP contribution in [0.5, 0.6) is 5.75 Å². The molecule has 0 aliphatic carbocycles. The lowest BCUT2D eigenvalue weighted by Crippen LogP contribution is -2.22. The summed E-state index contributed by atoms with van der Waals surface area (Å²) >= 11 is 12.1. The molecule has 0 saturated heterocycles. The summed E-state index contributed by atoms with van der Waals surface area (Å²) in [6, 6.07) is 6.23. The normalized spacial score (nSPS) is 11.6. The molecule has 3 rings (SSSR count). The van der Waals surface area contributed by atoms with Crippen molar-refractivity contribution in [1.29, 1.82) is 0 Å². The van der Waals surface area contributed by atoms with E-state index in [-0.39, 0.29) is 21.2 Å². The summed E-state index contributed by atoms with van der Waals surface area (Å²) in [5, 5.41) is -0.404. The molecular weight excluding hydrogens is 465 g/mol. The molecule has 0 unspecified atom stereocenters. The molecule has 0 heterocycles. The standard InChI is InChI=1S/C22H14Cl2F6O/c1-2-3-11-4-7-15(20(24)19(11)23)22(29,30)31-13-5-6-14(16(25)10-13)12-8-17(26)21(28)18(27)9-12/h4-10H,2-3H2,1H3. The average molecular weight is 479 g/mol. The van der Waals surface area contributed by atoms with Gasteiger partial charge in [-0.3, -0.25) is 0 Å². The molecule has 0 saturated carbocycles. The van der Waals surface area contributed by atoms with Crippen molar-refractivity contribution in [3.8, 4) is 16.9 Å². The molecule has 0 bridgehead atoms. The minimum atomic E-state index is -3.95. The lowest BCUT2D eigenvalue weighted by atomic mass is 10.0. The van der Waals surface area contributed by atoms with Gasteiger partial charge < -0.3 is 4.74 Å². The SMILES string of the molecule is CCCc1ccc(C(F)(F)Oc2ccc(-c3cc(F)c(F)c(F)c3)c(F)c2)c(Cl)c1Cl. The van der Waals surface area contributed by atoms with Crippen molar-refractivity contribution in [2.24, 2.45) is 0 Å². The van der Waals surface area contributed by atoms with E-state index in [2.05, 4.69) is 4.74 Å². The molecule has 0 radical (unpaired) electrons. The Bertz CT molecular complexity index is 1110. The summed E-state index contributed by atoms with van der Waals surface area (Å²) in [4.78, 5) is 0. The summed E-state index contributed by atoms with van der Waals surface area (Å²) in [5.74, 6) is -6.41. The van der Waals surface area contributed by atoms with Gasteiger partial charge in [0.05, 0.1) is 15.6 Å². The van der Waals surface area contributed by atoms with Crippen LogP contribution in [0.2, 0.25) is 10.0 Å². The average Bonchev–Trinajstić information content (AvgIpc) is 2.69. The minimum Gasteiger partial charge on any atom is -0.429 e. The molecule has 0 N–H and O–H groups in total. The van der Waals surface area contributed by atoms with Crippen LogP contribution in [0.1, 0.15) is 24.5 Å². The monoisotopic (exact) mass is 478 g/mol. The lowest BCUT2D eigenvalue weighted by Gasteiger charge is -2.21. The molecule has 3 aromatic rings. The maximum atomic E-state index is 14.7. The largest absolute Gasteiger partial charge is 0.429 e. The molecule has 3 aromatic carbocycles.